The zero-order chi connectivity index (χ0) is 34.9. The quantitative estimate of drug-likeness (QED) is 0.194. The van der Waals surface area contributed by atoms with Crippen LogP contribution in [0.25, 0.3) is 0 Å². The minimum atomic E-state index is -3.50. The summed E-state index contributed by atoms with van der Waals surface area (Å²) in [6.07, 6.45) is 6.41. The molecule has 2 heterocycles. The summed E-state index contributed by atoms with van der Waals surface area (Å²) in [5.41, 5.74) is -0.522. The molecule has 0 radical (unpaired) electrons. The third-order valence-corrected chi connectivity index (χ3v) is 11.1. The van der Waals surface area contributed by atoms with Gasteiger partial charge in [-0.3, -0.25) is 19.2 Å². The van der Waals surface area contributed by atoms with Gasteiger partial charge >= 0.3 is 6.03 Å². The van der Waals surface area contributed by atoms with Gasteiger partial charge in [0.25, 0.3) is 5.91 Å². The number of urea groups is 1. The Labute approximate surface area is 279 Å². The fraction of sp³-hybridized carbons (Fsp3) is 0.781. The summed E-state index contributed by atoms with van der Waals surface area (Å²) >= 11 is 0. The van der Waals surface area contributed by atoms with Gasteiger partial charge in [-0.15, -0.1) is 6.58 Å². The van der Waals surface area contributed by atoms with Crippen LogP contribution in [0.2, 0.25) is 0 Å². The van der Waals surface area contributed by atoms with Crippen molar-refractivity contribution < 1.29 is 37.1 Å². The molecule has 6 atom stereocenters. The second kappa shape index (κ2) is 16.9. The molecule has 15 heteroatoms. The third kappa shape index (κ3) is 10.7. The van der Waals surface area contributed by atoms with Gasteiger partial charge in [0, 0.05) is 39.3 Å². The van der Waals surface area contributed by atoms with Crippen molar-refractivity contribution >= 4 is 39.6 Å². The Morgan fingerprint density at radius 3 is 2.49 bits per heavy atom. The molecule has 0 aromatic heterocycles. The topological polar surface area (TPSA) is 183 Å². The molecule has 0 aromatic rings. The van der Waals surface area contributed by atoms with Crippen LogP contribution in [0.4, 0.5) is 4.79 Å². The Morgan fingerprint density at radius 2 is 1.83 bits per heavy atom. The first-order valence-electron chi connectivity index (χ1n) is 16.7. The highest BCUT2D eigenvalue weighted by atomic mass is 32.2. The van der Waals surface area contributed by atoms with Gasteiger partial charge < -0.3 is 30.9 Å². The number of nitrogens with zero attached hydrogens (tertiary/aromatic N) is 2. The van der Waals surface area contributed by atoms with Crippen LogP contribution in [0.1, 0.15) is 72.6 Å². The molecule has 2 saturated heterocycles. The van der Waals surface area contributed by atoms with E-state index in [1.807, 2.05) is 20.8 Å². The van der Waals surface area contributed by atoms with Gasteiger partial charge in [0.2, 0.25) is 27.6 Å². The lowest BCUT2D eigenvalue weighted by Gasteiger charge is -2.35. The Balaban J connectivity index is 1.81. The fourth-order valence-electron chi connectivity index (χ4n) is 6.11. The van der Waals surface area contributed by atoms with Crippen molar-refractivity contribution in [2.45, 2.75) is 96.8 Å². The number of hydrogen-bond donors (Lipinski definition) is 4. The lowest BCUT2D eigenvalue weighted by Crippen LogP contribution is -2.60. The van der Waals surface area contributed by atoms with Gasteiger partial charge in [-0.1, -0.05) is 52.5 Å². The van der Waals surface area contributed by atoms with E-state index < -0.39 is 69.1 Å². The van der Waals surface area contributed by atoms with Crippen molar-refractivity contribution in [3.8, 4) is 0 Å². The van der Waals surface area contributed by atoms with E-state index in [4.69, 9.17) is 4.74 Å². The summed E-state index contributed by atoms with van der Waals surface area (Å²) in [7, 11) is -2.03. The van der Waals surface area contributed by atoms with Gasteiger partial charge in [-0.2, -0.15) is 0 Å². The average molecular weight is 683 g/mol. The first kappa shape index (κ1) is 38.4. The molecule has 3 fully saturated rings. The second-order valence-electron chi connectivity index (χ2n) is 13.9. The lowest BCUT2D eigenvalue weighted by atomic mass is 9.87. The predicted octanol–water partition coefficient (Wildman–Crippen LogP) is 0.924. The third-order valence-electron chi connectivity index (χ3n) is 9.26. The maximum atomic E-state index is 14.0. The van der Waals surface area contributed by atoms with E-state index in [9.17, 15) is 32.4 Å². The van der Waals surface area contributed by atoms with Crippen LogP contribution in [-0.2, 0) is 33.9 Å². The number of ketones is 1. The van der Waals surface area contributed by atoms with Gasteiger partial charge in [0.1, 0.15) is 12.1 Å². The first-order chi connectivity index (χ1) is 22.1. The molecule has 5 amide bonds. The van der Waals surface area contributed by atoms with Gasteiger partial charge in [0.15, 0.2) is 0 Å². The van der Waals surface area contributed by atoms with Gasteiger partial charge in [-0.05, 0) is 43.4 Å². The average Bonchev–Trinajstić information content (AvgIpc) is 3.67. The molecule has 0 aromatic carbocycles. The number of piperidine rings is 1. The first-order valence-corrected chi connectivity index (χ1v) is 18.3. The summed E-state index contributed by atoms with van der Waals surface area (Å²) in [6.45, 7) is 11.5. The molecule has 0 bridgehead atoms. The number of amides is 5. The van der Waals surface area contributed by atoms with Crippen LogP contribution in [0, 0.1) is 17.3 Å². The number of fused-ring (bicyclic) bond motifs is 3. The number of carbonyl (C=O) groups excluding carboxylic acids is 5. The van der Waals surface area contributed by atoms with Crippen LogP contribution in [0.3, 0.4) is 0 Å². The van der Waals surface area contributed by atoms with Crippen molar-refractivity contribution in [1.29, 1.82) is 0 Å². The summed E-state index contributed by atoms with van der Waals surface area (Å²) in [5, 5.41) is 10.9. The fourth-order valence-corrected chi connectivity index (χ4v) is 6.93. The number of Topliss-reactive ketones (excluding diaryl/α,β-unsaturated/α-hetero) is 1. The number of rotatable bonds is 10. The molecule has 4 N–H and O–H groups in total. The molecule has 47 heavy (non-hydrogen) atoms. The van der Waals surface area contributed by atoms with Crippen LogP contribution >= 0.6 is 0 Å². The standard InChI is InChI=1S/C32H54N6O8S/c1-7-15-33-29(41)27(39)23-14-12-10-9-11-13-16-46-20-24(30(42)38-18-21-17-22(21)26(38)28(40)34-23)35-31(43)36-25(32(3,4)5)19-37(6)47(44,45)8-2/h7,21-26H,1,8-20H2,2-6H3,(H,33,41)(H,34,40)(H2,35,36,43)/t21-,22-,23-,24-,25+,26-/m0/s1. The highest BCUT2D eigenvalue weighted by molar-refractivity contribution is 7.89. The van der Waals surface area contributed by atoms with Crippen molar-refractivity contribution in [2.75, 3.05) is 45.6 Å². The van der Waals surface area contributed by atoms with Crippen LogP contribution < -0.4 is 21.3 Å². The maximum Gasteiger partial charge on any atom is 0.315 e. The highest BCUT2D eigenvalue weighted by Crippen LogP contribution is 2.49. The van der Waals surface area contributed by atoms with E-state index in [0.717, 1.165) is 32.1 Å². The summed E-state index contributed by atoms with van der Waals surface area (Å²) < 4.78 is 31.9. The van der Waals surface area contributed by atoms with E-state index in [1.54, 1.807) is 6.92 Å². The molecule has 266 valence electrons. The smallest absolute Gasteiger partial charge is 0.315 e. The van der Waals surface area contributed by atoms with E-state index in [2.05, 4.69) is 27.8 Å². The lowest BCUT2D eigenvalue weighted by molar-refractivity contribution is -0.144. The van der Waals surface area contributed by atoms with Crippen LogP contribution in [0.15, 0.2) is 12.7 Å². The van der Waals surface area contributed by atoms with Gasteiger partial charge in [-0.25, -0.2) is 17.5 Å². The molecule has 0 unspecified atom stereocenters. The molecule has 3 rings (SSSR count). The minimum absolute atomic E-state index is 0.0332. The number of carbonyl (C=O) groups is 5. The zero-order valence-electron chi connectivity index (χ0n) is 28.5. The predicted molar refractivity (Wildman–Crippen MR) is 177 cm³/mol. The molecular formula is C32H54N6O8S. The van der Waals surface area contributed by atoms with Crippen molar-refractivity contribution in [3.63, 3.8) is 0 Å². The molecule has 1 aliphatic carbocycles. The summed E-state index contributed by atoms with van der Waals surface area (Å²) in [5.74, 6) is -2.55. The Hall–Kier alpha value is -3.04. The van der Waals surface area contributed by atoms with Crippen LogP contribution in [-0.4, -0.2) is 117 Å². The largest absolute Gasteiger partial charge is 0.379 e. The molecule has 2 aliphatic heterocycles. The molecule has 1 saturated carbocycles. The number of ether oxygens (including phenoxy) is 1. The summed E-state index contributed by atoms with van der Waals surface area (Å²) in [6, 6.07) is -4.25. The summed E-state index contributed by atoms with van der Waals surface area (Å²) in [4.78, 5) is 68.2. The van der Waals surface area contributed by atoms with E-state index in [0.29, 0.717) is 26.0 Å². The molecule has 14 nitrogen and oxygen atoms in total. The second-order valence-corrected chi connectivity index (χ2v) is 16.3. The number of sulfonamides is 1. The Morgan fingerprint density at radius 1 is 1.15 bits per heavy atom. The molecule has 3 aliphatic rings. The number of hydrogen-bond acceptors (Lipinski definition) is 8. The number of likely N-dealkylation sites (N-methyl/N-ethyl adjacent to an activating group) is 1. The van der Waals surface area contributed by atoms with Crippen molar-refractivity contribution in [3.05, 3.63) is 12.7 Å². The van der Waals surface area contributed by atoms with E-state index in [1.165, 1.54) is 22.3 Å². The number of nitrogens with one attached hydrogen (secondary N) is 4. The molecular weight excluding hydrogens is 628 g/mol. The highest BCUT2D eigenvalue weighted by Gasteiger charge is 2.58. The normalized spacial score (nSPS) is 26.8. The molecule has 0 spiro atoms. The van der Waals surface area contributed by atoms with E-state index >= 15 is 0 Å². The van der Waals surface area contributed by atoms with Gasteiger partial charge in [0.05, 0.1) is 18.4 Å². The maximum absolute atomic E-state index is 14.0. The minimum Gasteiger partial charge on any atom is -0.379 e. The van der Waals surface area contributed by atoms with Crippen molar-refractivity contribution in [1.82, 2.24) is 30.5 Å². The van der Waals surface area contributed by atoms with Crippen molar-refractivity contribution in [2.24, 2.45) is 17.3 Å². The van der Waals surface area contributed by atoms with Crippen LogP contribution in [0.5, 0.6) is 0 Å². The SMILES string of the molecule is C=CCNC(=O)C(=O)[C@@H]1CCCCCCCOC[C@H](NC(=O)N[C@H](CN(C)S(=O)(=O)CC)C(C)(C)C)C(=O)N2C[C@@H]3C[C@@H]3[C@H]2C(=O)N1. The zero-order valence-corrected chi connectivity index (χ0v) is 29.3. The monoisotopic (exact) mass is 682 g/mol. The van der Waals surface area contributed by atoms with E-state index in [-0.39, 0.29) is 37.3 Å². The Kier molecular flexibility index (Phi) is 13.8. The Bertz CT molecular complexity index is 1270.